The van der Waals surface area contributed by atoms with Gasteiger partial charge in [0.25, 0.3) is 0 Å². The second kappa shape index (κ2) is 4.42. The Bertz CT molecular complexity index is 210. The van der Waals surface area contributed by atoms with Gasteiger partial charge in [0.2, 0.25) is 0 Å². The van der Waals surface area contributed by atoms with E-state index in [1.54, 1.807) is 0 Å². The van der Waals surface area contributed by atoms with E-state index in [9.17, 15) is 4.79 Å². The van der Waals surface area contributed by atoms with Crippen molar-refractivity contribution in [3.05, 3.63) is 12.2 Å². The van der Waals surface area contributed by atoms with Crippen LogP contribution in [0.25, 0.3) is 0 Å². The Balaban J connectivity index is 2.48. The standard InChI is InChI=1S/C10H16O3/c1-10(5-3-2-4-6-10)9(12)13-8-7-11/h2-3,11H,4-8H2,1H3. The lowest BCUT2D eigenvalue weighted by molar-refractivity contribution is -0.156. The molecule has 13 heavy (non-hydrogen) atoms. The summed E-state index contributed by atoms with van der Waals surface area (Å²) in [6.07, 6.45) is 6.63. The molecule has 3 heteroatoms. The number of ether oxygens (including phenoxy) is 1. The van der Waals surface area contributed by atoms with Crippen LogP contribution in [0.15, 0.2) is 12.2 Å². The molecule has 0 aromatic heterocycles. The molecule has 1 rings (SSSR count). The van der Waals surface area contributed by atoms with Gasteiger partial charge in [-0.05, 0) is 26.2 Å². The van der Waals surface area contributed by atoms with Gasteiger partial charge in [-0.1, -0.05) is 12.2 Å². The second-order valence-electron chi connectivity index (χ2n) is 3.63. The summed E-state index contributed by atoms with van der Waals surface area (Å²) in [5.74, 6) is -0.189. The van der Waals surface area contributed by atoms with Crippen LogP contribution in [0.1, 0.15) is 26.2 Å². The second-order valence-corrected chi connectivity index (χ2v) is 3.63. The van der Waals surface area contributed by atoms with Crippen molar-refractivity contribution in [3.63, 3.8) is 0 Å². The fourth-order valence-corrected chi connectivity index (χ4v) is 1.46. The molecule has 0 fully saturated rings. The molecule has 0 amide bonds. The minimum atomic E-state index is -0.371. The van der Waals surface area contributed by atoms with Gasteiger partial charge in [0.1, 0.15) is 6.61 Å². The van der Waals surface area contributed by atoms with Crippen molar-refractivity contribution in [1.29, 1.82) is 0 Å². The smallest absolute Gasteiger partial charge is 0.312 e. The zero-order valence-corrected chi connectivity index (χ0v) is 7.95. The molecule has 0 radical (unpaired) electrons. The predicted octanol–water partition coefficient (Wildman–Crippen LogP) is 1.27. The molecule has 0 spiro atoms. The van der Waals surface area contributed by atoms with Gasteiger partial charge in [0.15, 0.2) is 0 Å². The molecule has 0 bridgehead atoms. The molecule has 0 saturated carbocycles. The Morgan fingerprint density at radius 2 is 2.38 bits per heavy atom. The number of aliphatic hydroxyl groups excluding tert-OH is 1. The first-order chi connectivity index (χ1) is 6.19. The van der Waals surface area contributed by atoms with Crippen LogP contribution in [-0.4, -0.2) is 24.3 Å². The van der Waals surface area contributed by atoms with Crippen LogP contribution in [0.3, 0.4) is 0 Å². The first kappa shape index (κ1) is 10.3. The topological polar surface area (TPSA) is 46.5 Å². The SMILES string of the molecule is CC1(C(=O)OCCO)CC=CCC1. The highest BCUT2D eigenvalue weighted by atomic mass is 16.5. The average Bonchev–Trinajstić information content (AvgIpc) is 2.15. The molecule has 1 unspecified atom stereocenters. The number of hydrogen-bond donors (Lipinski definition) is 1. The van der Waals surface area contributed by atoms with Gasteiger partial charge in [-0.25, -0.2) is 0 Å². The van der Waals surface area contributed by atoms with Gasteiger partial charge in [0.05, 0.1) is 12.0 Å². The Hall–Kier alpha value is -0.830. The predicted molar refractivity (Wildman–Crippen MR) is 49.1 cm³/mol. The van der Waals surface area contributed by atoms with Crippen LogP contribution in [-0.2, 0) is 9.53 Å². The van der Waals surface area contributed by atoms with Crippen LogP contribution >= 0.6 is 0 Å². The van der Waals surface area contributed by atoms with Crippen molar-refractivity contribution in [1.82, 2.24) is 0 Å². The van der Waals surface area contributed by atoms with Gasteiger partial charge in [-0.3, -0.25) is 4.79 Å². The first-order valence-electron chi connectivity index (χ1n) is 4.62. The lowest BCUT2D eigenvalue weighted by Crippen LogP contribution is -2.31. The zero-order valence-electron chi connectivity index (χ0n) is 7.95. The van der Waals surface area contributed by atoms with Crippen LogP contribution in [0.2, 0.25) is 0 Å². The van der Waals surface area contributed by atoms with E-state index in [1.165, 1.54) is 0 Å². The molecule has 1 aliphatic rings. The lowest BCUT2D eigenvalue weighted by Gasteiger charge is -2.27. The van der Waals surface area contributed by atoms with Crippen molar-refractivity contribution in [2.24, 2.45) is 5.41 Å². The van der Waals surface area contributed by atoms with E-state index in [0.717, 1.165) is 19.3 Å². The Kier molecular flexibility index (Phi) is 3.48. The maximum Gasteiger partial charge on any atom is 0.312 e. The highest BCUT2D eigenvalue weighted by molar-refractivity contribution is 5.76. The van der Waals surface area contributed by atoms with E-state index in [0.29, 0.717) is 0 Å². The van der Waals surface area contributed by atoms with Crippen molar-refractivity contribution in [2.75, 3.05) is 13.2 Å². The molecule has 3 nitrogen and oxygen atoms in total. The van der Waals surface area contributed by atoms with Gasteiger partial charge in [-0.15, -0.1) is 0 Å². The van der Waals surface area contributed by atoms with Gasteiger partial charge in [0, 0.05) is 0 Å². The largest absolute Gasteiger partial charge is 0.463 e. The third kappa shape index (κ3) is 2.56. The monoisotopic (exact) mass is 184 g/mol. The number of carbonyl (C=O) groups excluding carboxylic acids is 1. The number of aliphatic hydroxyl groups is 1. The zero-order chi connectivity index (χ0) is 9.73. The molecule has 0 aliphatic heterocycles. The number of rotatable bonds is 3. The molecule has 74 valence electrons. The molecule has 0 aromatic carbocycles. The van der Waals surface area contributed by atoms with Crippen LogP contribution in [0.5, 0.6) is 0 Å². The molecule has 0 saturated heterocycles. The van der Waals surface area contributed by atoms with Crippen LogP contribution in [0, 0.1) is 5.41 Å². The van der Waals surface area contributed by atoms with E-state index >= 15 is 0 Å². The minimum Gasteiger partial charge on any atom is -0.463 e. The minimum absolute atomic E-state index is 0.0995. The third-order valence-corrected chi connectivity index (χ3v) is 2.42. The molecule has 0 heterocycles. The van der Waals surface area contributed by atoms with Crippen LogP contribution in [0.4, 0.5) is 0 Å². The molecule has 1 aliphatic carbocycles. The summed E-state index contributed by atoms with van der Waals surface area (Å²) in [6, 6.07) is 0. The van der Waals surface area contributed by atoms with E-state index in [1.807, 2.05) is 13.0 Å². The molecule has 1 N–H and O–H groups in total. The highest BCUT2D eigenvalue weighted by Crippen LogP contribution is 2.33. The number of carbonyl (C=O) groups is 1. The Morgan fingerprint density at radius 3 is 2.92 bits per heavy atom. The number of esters is 1. The lowest BCUT2D eigenvalue weighted by atomic mass is 9.79. The maximum absolute atomic E-state index is 11.5. The van der Waals surface area contributed by atoms with Crippen LogP contribution < -0.4 is 0 Å². The molecular weight excluding hydrogens is 168 g/mol. The van der Waals surface area contributed by atoms with Crippen molar-refractivity contribution >= 4 is 5.97 Å². The van der Waals surface area contributed by atoms with Crippen molar-refractivity contribution in [3.8, 4) is 0 Å². The summed E-state index contributed by atoms with van der Waals surface area (Å²) in [4.78, 5) is 11.5. The summed E-state index contributed by atoms with van der Waals surface area (Å²) in [5.41, 5.74) is -0.371. The highest BCUT2D eigenvalue weighted by Gasteiger charge is 2.34. The summed E-state index contributed by atoms with van der Waals surface area (Å²) < 4.78 is 4.91. The molecule has 0 aromatic rings. The average molecular weight is 184 g/mol. The van der Waals surface area contributed by atoms with E-state index in [-0.39, 0.29) is 24.6 Å². The third-order valence-electron chi connectivity index (χ3n) is 2.42. The molecular formula is C10H16O3. The quantitative estimate of drug-likeness (QED) is 0.530. The fraction of sp³-hybridized carbons (Fsp3) is 0.700. The summed E-state index contributed by atoms with van der Waals surface area (Å²) in [7, 11) is 0. The maximum atomic E-state index is 11.5. The van der Waals surface area contributed by atoms with Gasteiger partial charge >= 0.3 is 5.97 Å². The van der Waals surface area contributed by atoms with Gasteiger partial charge in [-0.2, -0.15) is 0 Å². The van der Waals surface area contributed by atoms with E-state index < -0.39 is 0 Å². The Morgan fingerprint density at radius 1 is 1.62 bits per heavy atom. The van der Waals surface area contributed by atoms with E-state index in [4.69, 9.17) is 9.84 Å². The Labute approximate surface area is 78.4 Å². The van der Waals surface area contributed by atoms with E-state index in [2.05, 4.69) is 6.08 Å². The molecule has 1 atom stereocenters. The fourth-order valence-electron chi connectivity index (χ4n) is 1.46. The van der Waals surface area contributed by atoms with Crippen molar-refractivity contribution in [2.45, 2.75) is 26.2 Å². The van der Waals surface area contributed by atoms with Gasteiger partial charge < -0.3 is 9.84 Å². The van der Waals surface area contributed by atoms with Crippen molar-refractivity contribution < 1.29 is 14.6 Å². The normalized spacial score (nSPS) is 27.2. The number of hydrogen-bond acceptors (Lipinski definition) is 3. The summed E-state index contributed by atoms with van der Waals surface area (Å²) >= 11 is 0. The summed E-state index contributed by atoms with van der Waals surface area (Å²) in [6.45, 7) is 1.92. The summed E-state index contributed by atoms with van der Waals surface area (Å²) in [5, 5.41) is 8.51. The first-order valence-corrected chi connectivity index (χ1v) is 4.62. The number of allylic oxidation sites excluding steroid dienone is 2.